The molecule has 1 aliphatic carbocycles. The highest BCUT2D eigenvalue weighted by Crippen LogP contribution is 2.47. The Balaban J connectivity index is 0.000000886. The molecule has 6 N–H and O–H groups in total. The summed E-state index contributed by atoms with van der Waals surface area (Å²) in [6.45, 7) is 3.06. The predicted molar refractivity (Wildman–Crippen MR) is 133 cm³/mol. The van der Waals surface area contributed by atoms with E-state index in [1.54, 1.807) is 36.4 Å². The average molecular weight is 549 g/mol. The van der Waals surface area contributed by atoms with Gasteiger partial charge < -0.3 is 20.1 Å². The first-order chi connectivity index (χ1) is 17.7. The van der Waals surface area contributed by atoms with Gasteiger partial charge in [0.1, 0.15) is 15.6 Å². The Morgan fingerprint density at radius 3 is 2.16 bits per heavy atom. The first-order valence-corrected chi connectivity index (χ1v) is 11.7. The van der Waals surface area contributed by atoms with E-state index in [-0.39, 0.29) is 43.5 Å². The number of fused-ring (bicyclic) bond motifs is 2. The quantitative estimate of drug-likeness (QED) is 0.0616. The lowest BCUT2D eigenvalue weighted by atomic mass is 9.90. The summed E-state index contributed by atoms with van der Waals surface area (Å²) in [5.74, 6) is -0.844. The van der Waals surface area contributed by atoms with Crippen molar-refractivity contribution in [1.82, 2.24) is 0 Å². The van der Waals surface area contributed by atoms with E-state index < -0.39 is 5.97 Å². The maximum absolute atomic E-state index is 12.0. The molecule has 2 aliphatic rings. The van der Waals surface area contributed by atoms with Crippen molar-refractivity contribution in [3.8, 4) is 22.5 Å². The van der Waals surface area contributed by atoms with E-state index in [1.165, 1.54) is 26.0 Å². The number of carboxylic acid groups (broad SMARTS) is 1. The van der Waals surface area contributed by atoms with Gasteiger partial charge in [0.25, 0.3) is 0 Å². The molecule has 2 aromatic carbocycles. The molecule has 0 spiro atoms. The summed E-state index contributed by atoms with van der Waals surface area (Å²) in [6.07, 6.45) is 0. The summed E-state index contributed by atoms with van der Waals surface area (Å²) in [5.41, 5.74) is 7.80. The maximum atomic E-state index is 12.0. The van der Waals surface area contributed by atoms with Crippen LogP contribution in [0.5, 0.6) is 0 Å². The molecule has 37 heavy (non-hydrogen) atoms. The van der Waals surface area contributed by atoms with Crippen molar-refractivity contribution in [2.45, 2.75) is 23.6 Å². The van der Waals surface area contributed by atoms with Crippen molar-refractivity contribution in [3.63, 3.8) is 0 Å². The Hall–Kier alpha value is -3.47. The molecule has 0 aromatic heterocycles. The van der Waals surface area contributed by atoms with Crippen LogP contribution in [0.2, 0.25) is 0 Å². The van der Waals surface area contributed by atoms with E-state index in [1.807, 2.05) is 0 Å². The molecule has 0 amide bonds. The number of hydrogen-bond acceptors (Lipinski definition) is 13. The highest BCUT2D eigenvalue weighted by atomic mass is 32.2. The van der Waals surface area contributed by atoms with Gasteiger partial charge in [0.2, 0.25) is 0 Å². The van der Waals surface area contributed by atoms with Crippen LogP contribution in [0.1, 0.15) is 24.2 Å². The molecular weight excluding hydrogens is 528 g/mol. The van der Waals surface area contributed by atoms with Crippen molar-refractivity contribution >= 4 is 52.5 Å². The number of ketones is 1. The summed E-state index contributed by atoms with van der Waals surface area (Å²) < 4.78 is 15.2. The normalized spacial score (nSPS) is 10.8. The summed E-state index contributed by atoms with van der Waals surface area (Å²) >= 11 is 1.09. The van der Waals surface area contributed by atoms with Gasteiger partial charge in [0, 0.05) is 16.5 Å². The number of benzene rings is 3. The molecule has 14 heteroatoms. The molecule has 12 nitrogen and oxygen atoms in total. The van der Waals surface area contributed by atoms with Gasteiger partial charge in [-0.1, -0.05) is 28.3 Å². The van der Waals surface area contributed by atoms with Gasteiger partial charge in [0.15, 0.2) is 11.3 Å². The largest absolute Gasteiger partial charge is 0.478 e. The van der Waals surface area contributed by atoms with Crippen molar-refractivity contribution < 1.29 is 48.4 Å². The summed E-state index contributed by atoms with van der Waals surface area (Å²) in [6, 6.07) is 12.7. The number of rotatable bonds is 8. The van der Waals surface area contributed by atoms with Crippen LogP contribution in [-0.2, 0) is 23.5 Å². The smallest absolute Gasteiger partial charge is 0.336 e. The van der Waals surface area contributed by atoms with Gasteiger partial charge in [-0.3, -0.25) is 5.41 Å². The first kappa shape index (κ1) is 28.1. The maximum Gasteiger partial charge on any atom is 0.336 e. The molecule has 0 saturated heterocycles. The van der Waals surface area contributed by atoms with E-state index in [4.69, 9.17) is 26.1 Å². The topological polar surface area (TPSA) is 195 Å². The lowest BCUT2D eigenvalue weighted by Gasteiger charge is -2.20. The Morgan fingerprint density at radius 2 is 1.54 bits per heavy atom. The second kappa shape index (κ2) is 12.7. The monoisotopic (exact) mass is 548 g/mol. The molecule has 0 saturated carbocycles. The van der Waals surface area contributed by atoms with Crippen LogP contribution < -0.4 is 11.1 Å². The Labute approximate surface area is 217 Å². The standard InChI is InChI=1S/C20H14N2O9S2.C3H6O/c21-13-7-5-11-15(9-3-1-2-4-10(9)20(23)24)12-6-8-14(22)19(33-31-29-26)17(12)27-16(11)18(13)32-30-28-25;1-3(2)4/h1-8,21,25-26H,22H2,(H,23,24);1-2H3. The average Bonchev–Trinajstić information content (AvgIpc) is 2.86. The van der Waals surface area contributed by atoms with E-state index in [9.17, 15) is 14.7 Å². The zero-order chi connectivity index (χ0) is 27.1. The number of anilines is 1. The Morgan fingerprint density at radius 1 is 0.919 bits per heavy atom. The lowest BCUT2D eigenvalue weighted by Crippen LogP contribution is -2.08. The third kappa shape index (κ3) is 6.27. The minimum Gasteiger partial charge on any atom is -0.478 e. The molecule has 1 aliphatic heterocycles. The number of hydrogen-bond donors (Lipinski definition) is 5. The SMILES string of the molecule is CC(C)=O.N=c1ccc2c(-c3ccccc3C(=O)O)c3ccc(N)c(SOOO)c3oc-2c1SOOO. The summed E-state index contributed by atoms with van der Waals surface area (Å²) in [5, 5.41) is 43.0. The van der Waals surface area contributed by atoms with Gasteiger partial charge in [-0.15, -0.1) is 8.67 Å². The first-order valence-electron chi connectivity index (χ1n) is 10.2. The van der Waals surface area contributed by atoms with Crippen LogP contribution in [-0.4, -0.2) is 27.4 Å². The molecule has 0 radical (unpaired) electrons. The number of carboxylic acids is 1. The molecular formula is C23H20N2O10S2. The third-order valence-corrected chi connectivity index (χ3v) is 6.14. The fraction of sp³-hybridized carbons (Fsp3) is 0.0870. The van der Waals surface area contributed by atoms with Gasteiger partial charge in [0.05, 0.1) is 40.7 Å². The second-order valence-electron chi connectivity index (χ2n) is 7.37. The second-order valence-corrected chi connectivity index (χ2v) is 8.79. The molecule has 1 heterocycles. The Kier molecular flexibility index (Phi) is 9.62. The predicted octanol–water partition coefficient (Wildman–Crippen LogP) is 5.42. The van der Waals surface area contributed by atoms with Gasteiger partial charge >= 0.3 is 5.97 Å². The summed E-state index contributed by atoms with van der Waals surface area (Å²) in [4.78, 5) is 21.8. The highest BCUT2D eigenvalue weighted by Gasteiger charge is 2.26. The van der Waals surface area contributed by atoms with Crippen molar-refractivity contribution in [3.05, 3.63) is 59.5 Å². The van der Waals surface area contributed by atoms with E-state index in [0.717, 1.165) is 0 Å². The number of Topliss-reactive ketones (excluding diaryl/α,β-unsaturated/α-hetero) is 1. The third-order valence-electron chi connectivity index (χ3n) is 4.72. The minimum absolute atomic E-state index is 0.0156. The molecule has 0 bridgehead atoms. The number of aromatic carboxylic acids is 1. The fourth-order valence-electron chi connectivity index (χ4n) is 3.43. The number of nitrogens with one attached hydrogen (secondary N) is 1. The molecule has 194 valence electrons. The highest BCUT2D eigenvalue weighted by molar-refractivity contribution is 7.95. The van der Waals surface area contributed by atoms with Crippen molar-refractivity contribution in [2.24, 2.45) is 0 Å². The van der Waals surface area contributed by atoms with Gasteiger partial charge in [-0.2, -0.15) is 0 Å². The number of carbonyl (C=O) groups excluding carboxylic acids is 1. The van der Waals surface area contributed by atoms with Gasteiger partial charge in [-0.25, -0.2) is 15.3 Å². The van der Waals surface area contributed by atoms with E-state index >= 15 is 0 Å². The lowest BCUT2D eigenvalue weighted by molar-refractivity contribution is -0.432. The molecule has 0 atom stereocenters. The van der Waals surface area contributed by atoms with Crippen molar-refractivity contribution in [1.29, 1.82) is 5.41 Å². The fourth-order valence-corrected chi connectivity index (χ4v) is 4.40. The van der Waals surface area contributed by atoms with Crippen LogP contribution in [0, 0.1) is 5.41 Å². The van der Waals surface area contributed by atoms with Crippen LogP contribution in [0.15, 0.2) is 62.7 Å². The summed E-state index contributed by atoms with van der Waals surface area (Å²) in [7, 11) is 0. The Bertz CT molecular complexity index is 1470. The van der Waals surface area contributed by atoms with Crippen LogP contribution >= 0.6 is 24.1 Å². The number of carbonyl (C=O) groups is 2. The zero-order valence-corrected chi connectivity index (χ0v) is 20.8. The number of nitrogens with two attached hydrogens (primary N) is 1. The van der Waals surface area contributed by atoms with Crippen molar-refractivity contribution in [2.75, 3.05) is 5.73 Å². The molecule has 2 aromatic rings. The van der Waals surface area contributed by atoms with Gasteiger partial charge in [-0.05, 0) is 49.7 Å². The zero-order valence-electron chi connectivity index (χ0n) is 19.2. The molecule has 0 fully saturated rings. The molecule has 0 unspecified atom stereocenters. The number of nitrogen functional groups attached to an aromatic ring is 1. The molecule has 4 rings (SSSR count). The van der Waals surface area contributed by atoms with E-state index in [0.29, 0.717) is 46.2 Å². The van der Waals surface area contributed by atoms with E-state index in [2.05, 4.69) is 18.7 Å². The van der Waals surface area contributed by atoms with Crippen LogP contribution in [0.4, 0.5) is 5.69 Å². The van der Waals surface area contributed by atoms with Crippen LogP contribution in [0.3, 0.4) is 0 Å². The van der Waals surface area contributed by atoms with Crippen LogP contribution in [0.25, 0.3) is 33.4 Å². The minimum atomic E-state index is -1.14.